The maximum absolute atomic E-state index is 11.9. The molecule has 1 amide bonds. The van der Waals surface area contributed by atoms with Crippen LogP contribution in [0.15, 0.2) is 36.7 Å². The maximum Gasteiger partial charge on any atom is 0.228 e. The largest absolute Gasteiger partial charge is 0.398 e. The number of para-hydroxylation sites is 1. The number of nitrogen functional groups attached to an aromatic ring is 1. The van der Waals surface area contributed by atoms with Crippen LogP contribution < -0.4 is 11.1 Å². The van der Waals surface area contributed by atoms with Crippen LogP contribution in [0.5, 0.6) is 0 Å². The second-order valence-corrected chi connectivity index (χ2v) is 4.41. The number of hydrogen-bond donors (Lipinski definition) is 2. The standard InChI is InChI=1S/C14H18N4O2/c1-20-7-6-18-10-12(9-16-18)17-14(19)8-11-4-2-3-5-13(11)15/h2-5,9-10H,6-8,15H2,1H3,(H,17,19). The van der Waals surface area contributed by atoms with E-state index in [1.807, 2.05) is 18.2 Å². The average molecular weight is 274 g/mol. The zero-order valence-corrected chi connectivity index (χ0v) is 11.4. The van der Waals surface area contributed by atoms with Crippen LogP contribution in [0.2, 0.25) is 0 Å². The predicted octanol–water partition coefficient (Wildman–Crippen LogP) is 1.29. The molecule has 0 aliphatic heterocycles. The van der Waals surface area contributed by atoms with Gasteiger partial charge >= 0.3 is 0 Å². The van der Waals surface area contributed by atoms with Crippen molar-refractivity contribution in [1.82, 2.24) is 9.78 Å². The lowest BCUT2D eigenvalue weighted by atomic mass is 10.1. The van der Waals surface area contributed by atoms with Gasteiger partial charge in [-0.1, -0.05) is 18.2 Å². The number of nitrogens with zero attached hydrogens (tertiary/aromatic N) is 2. The van der Waals surface area contributed by atoms with Gasteiger partial charge in [-0.25, -0.2) is 0 Å². The maximum atomic E-state index is 11.9. The van der Waals surface area contributed by atoms with Crippen molar-refractivity contribution in [3.8, 4) is 0 Å². The smallest absolute Gasteiger partial charge is 0.228 e. The van der Waals surface area contributed by atoms with Crippen LogP contribution in [0, 0.1) is 0 Å². The Bertz CT molecular complexity index is 580. The fourth-order valence-corrected chi connectivity index (χ4v) is 1.81. The molecule has 0 bridgehead atoms. The van der Waals surface area contributed by atoms with Crippen LogP contribution in [0.3, 0.4) is 0 Å². The molecule has 106 valence electrons. The van der Waals surface area contributed by atoms with Crippen LogP contribution in [-0.2, 0) is 22.5 Å². The molecule has 0 atom stereocenters. The molecular weight excluding hydrogens is 256 g/mol. The monoisotopic (exact) mass is 274 g/mol. The minimum Gasteiger partial charge on any atom is -0.398 e. The van der Waals surface area contributed by atoms with Crippen molar-refractivity contribution in [2.24, 2.45) is 0 Å². The average Bonchev–Trinajstić information content (AvgIpc) is 2.86. The number of ether oxygens (including phenoxy) is 1. The minimum absolute atomic E-state index is 0.116. The molecule has 1 heterocycles. The minimum atomic E-state index is -0.116. The molecule has 1 aromatic heterocycles. The Hall–Kier alpha value is -2.34. The normalized spacial score (nSPS) is 10.4. The molecule has 0 unspecified atom stereocenters. The van der Waals surface area contributed by atoms with Crippen LogP contribution in [0.1, 0.15) is 5.56 Å². The number of amides is 1. The summed E-state index contributed by atoms with van der Waals surface area (Å²) in [5.74, 6) is -0.116. The van der Waals surface area contributed by atoms with Crippen LogP contribution in [0.4, 0.5) is 11.4 Å². The molecule has 6 heteroatoms. The number of aromatic nitrogens is 2. The number of carbonyl (C=O) groups excluding carboxylic acids is 1. The van der Waals surface area contributed by atoms with Gasteiger partial charge in [-0.15, -0.1) is 0 Å². The molecule has 2 aromatic rings. The summed E-state index contributed by atoms with van der Waals surface area (Å²) in [7, 11) is 1.64. The van der Waals surface area contributed by atoms with Gasteiger partial charge in [-0.05, 0) is 11.6 Å². The molecule has 0 saturated carbocycles. The third-order valence-corrected chi connectivity index (χ3v) is 2.85. The van der Waals surface area contributed by atoms with E-state index in [0.717, 1.165) is 5.56 Å². The Labute approximate surface area is 117 Å². The Morgan fingerprint density at radius 3 is 3.00 bits per heavy atom. The van der Waals surface area contributed by atoms with E-state index in [4.69, 9.17) is 10.5 Å². The second-order valence-electron chi connectivity index (χ2n) is 4.41. The SMILES string of the molecule is COCCn1cc(NC(=O)Cc2ccccc2N)cn1. The molecule has 6 nitrogen and oxygen atoms in total. The number of anilines is 2. The van der Waals surface area contributed by atoms with Crippen molar-refractivity contribution in [1.29, 1.82) is 0 Å². The zero-order valence-electron chi connectivity index (χ0n) is 11.4. The third kappa shape index (κ3) is 3.83. The molecule has 2 rings (SSSR count). The van der Waals surface area contributed by atoms with Crippen molar-refractivity contribution < 1.29 is 9.53 Å². The summed E-state index contributed by atoms with van der Waals surface area (Å²) in [6, 6.07) is 7.33. The van der Waals surface area contributed by atoms with Crippen molar-refractivity contribution >= 4 is 17.3 Å². The van der Waals surface area contributed by atoms with E-state index in [9.17, 15) is 4.79 Å². The first-order chi connectivity index (χ1) is 9.69. The lowest BCUT2D eigenvalue weighted by Crippen LogP contribution is -2.15. The summed E-state index contributed by atoms with van der Waals surface area (Å²) in [5, 5.41) is 6.92. The Balaban J connectivity index is 1.91. The number of carbonyl (C=O) groups is 1. The predicted molar refractivity (Wildman–Crippen MR) is 77.3 cm³/mol. The van der Waals surface area contributed by atoms with Gasteiger partial charge in [-0.3, -0.25) is 9.48 Å². The van der Waals surface area contributed by atoms with Gasteiger partial charge in [-0.2, -0.15) is 5.10 Å². The zero-order chi connectivity index (χ0) is 14.4. The van der Waals surface area contributed by atoms with Crippen molar-refractivity contribution in [3.63, 3.8) is 0 Å². The summed E-state index contributed by atoms with van der Waals surface area (Å²) < 4.78 is 6.68. The summed E-state index contributed by atoms with van der Waals surface area (Å²) >= 11 is 0. The number of rotatable bonds is 6. The quantitative estimate of drug-likeness (QED) is 0.778. The van der Waals surface area contributed by atoms with Crippen LogP contribution in [0.25, 0.3) is 0 Å². The highest BCUT2D eigenvalue weighted by molar-refractivity contribution is 5.92. The summed E-state index contributed by atoms with van der Waals surface area (Å²) in [5.41, 5.74) is 7.92. The molecule has 0 fully saturated rings. The summed E-state index contributed by atoms with van der Waals surface area (Å²) in [6.07, 6.45) is 3.63. The van der Waals surface area contributed by atoms with E-state index >= 15 is 0 Å². The number of hydrogen-bond acceptors (Lipinski definition) is 4. The highest BCUT2D eigenvalue weighted by Crippen LogP contribution is 2.12. The molecule has 0 aliphatic rings. The lowest BCUT2D eigenvalue weighted by molar-refractivity contribution is -0.115. The molecule has 0 aliphatic carbocycles. The van der Waals surface area contributed by atoms with Gasteiger partial charge in [0.25, 0.3) is 0 Å². The van der Waals surface area contributed by atoms with E-state index in [0.29, 0.717) is 24.5 Å². The van der Waals surface area contributed by atoms with Gasteiger partial charge in [0.2, 0.25) is 5.91 Å². The first-order valence-electron chi connectivity index (χ1n) is 6.33. The number of nitrogens with two attached hydrogens (primary N) is 1. The summed E-state index contributed by atoms with van der Waals surface area (Å²) in [4.78, 5) is 11.9. The second kappa shape index (κ2) is 6.72. The van der Waals surface area contributed by atoms with Gasteiger partial charge in [0, 0.05) is 19.0 Å². The molecule has 1 aromatic carbocycles. The Morgan fingerprint density at radius 2 is 2.25 bits per heavy atom. The molecule has 3 N–H and O–H groups in total. The number of nitrogens with one attached hydrogen (secondary N) is 1. The molecule has 0 radical (unpaired) electrons. The Kier molecular flexibility index (Phi) is 4.73. The van der Waals surface area contributed by atoms with E-state index < -0.39 is 0 Å². The number of benzene rings is 1. The fraction of sp³-hybridized carbons (Fsp3) is 0.286. The first-order valence-corrected chi connectivity index (χ1v) is 6.33. The lowest BCUT2D eigenvalue weighted by Gasteiger charge is -2.05. The number of methoxy groups -OCH3 is 1. The topological polar surface area (TPSA) is 82.2 Å². The third-order valence-electron chi connectivity index (χ3n) is 2.85. The van der Waals surface area contributed by atoms with Crippen molar-refractivity contribution in [2.45, 2.75) is 13.0 Å². The molecule has 0 spiro atoms. The van der Waals surface area contributed by atoms with Gasteiger partial charge < -0.3 is 15.8 Å². The van der Waals surface area contributed by atoms with E-state index in [-0.39, 0.29) is 12.3 Å². The van der Waals surface area contributed by atoms with Gasteiger partial charge in [0.05, 0.1) is 31.5 Å². The van der Waals surface area contributed by atoms with E-state index in [2.05, 4.69) is 10.4 Å². The first kappa shape index (κ1) is 14.1. The highest BCUT2D eigenvalue weighted by atomic mass is 16.5. The summed E-state index contributed by atoms with van der Waals surface area (Å²) in [6.45, 7) is 1.23. The van der Waals surface area contributed by atoms with Crippen LogP contribution >= 0.6 is 0 Å². The molecular formula is C14H18N4O2. The van der Waals surface area contributed by atoms with E-state index in [1.54, 1.807) is 30.3 Å². The van der Waals surface area contributed by atoms with Gasteiger partial charge in [0.15, 0.2) is 0 Å². The van der Waals surface area contributed by atoms with Crippen molar-refractivity contribution in [3.05, 3.63) is 42.2 Å². The highest BCUT2D eigenvalue weighted by Gasteiger charge is 2.07. The van der Waals surface area contributed by atoms with Crippen LogP contribution in [-0.4, -0.2) is 29.4 Å². The Morgan fingerprint density at radius 1 is 1.45 bits per heavy atom. The molecule has 0 saturated heterocycles. The van der Waals surface area contributed by atoms with E-state index in [1.165, 1.54) is 0 Å². The molecule has 20 heavy (non-hydrogen) atoms. The van der Waals surface area contributed by atoms with Gasteiger partial charge in [0.1, 0.15) is 0 Å². The fourth-order valence-electron chi connectivity index (χ4n) is 1.81. The van der Waals surface area contributed by atoms with Crippen molar-refractivity contribution in [2.75, 3.05) is 24.8 Å².